The average molecular weight is 581 g/mol. The van der Waals surface area contributed by atoms with E-state index < -0.39 is 23.3 Å². The molecule has 218 valence electrons. The van der Waals surface area contributed by atoms with Crippen molar-refractivity contribution in [1.82, 2.24) is 15.2 Å². The third kappa shape index (κ3) is 6.62. The summed E-state index contributed by atoms with van der Waals surface area (Å²) >= 11 is 0. The Hall–Kier alpha value is -4.67. The minimum absolute atomic E-state index is 0.126. The molecule has 3 heterocycles. The minimum Gasteiger partial charge on any atom is -0.459 e. The van der Waals surface area contributed by atoms with Crippen molar-refractivity contribution in [1.29, 1.82) is 0 Å². The zero-order chi connectivity index (χ0) is 30.1. The summed E-state index contributed by atoms with van der Waals surface area (Å²) in [6.45, 7) is 2.01. The topological polar surface area (TPSA) is 101 Å². The lowest BCUT2D eigenvalue weighted by Crippen LogP contribution is -2.43. The second-order valence-electron chi connectivity index (χ2n) is 10.5. The molecule has 2 aromatic carbocycles. The van der Waals surface area contributed by atoms with Gasteiger partial charge in [-0.3, -0.25) is 9.59 Å². The van der Waals surface area contributed by atoms with Crippen LogP contribution < -0.4 is 11.1 Å². The number of halogens is 4. The summed E-state index contributed by atoms with van der Waals surface area (Å²) in [6, 6.07) is 13.6. The van der Waals surface area contributed by atoms with E-state index in [1.807, 2.05) is 0 Å². The van der Waals surface area contributed by atoms with Gasteiger partial charge in [-0.15, -0.1) is 0 Å². The van der Waals surface area contributed by atoms with Gasteiger partial charge in [0.05, 0.1) is 12.1 Å². The molecule has 0 saturated carbocycles. The quantitative estimate of drug-likeness (QED) is 0.203. The first-order valence-corrected chi connectivity index (χ1v) is 13.3. The van der Waals surface area contributed by atoms with Crippen LogP contribution in [0.4, 0.5) is 23.4 Å². The number of carbonyl (C=O) groups is 2. The molecule has 11 heteroatoms. The number of nitrogens with two attached hydrogens (primary N) is 1. The predicted molar refractivity (Wildman–Crippen MR) is 151 cm³/mol. The summed E-state index contributed by atoms with van der Waals surface area (Å²) in [5.74, 6) is -0.224. The van der Waals surface area contributed by atoms with Crippen molar-refractivity contribution in [2.24, 2.45) is 0 Å². The Bertz CT molecular complexity index is 1630. The number of hydrogen-bond donors (Lipinski definition) is 2. The van der Waals surface area contributed by atoms with E-state index in [9.17, 15) is 27.2 Å². The first-order chi connectivity index (χ1) is 19.9. The lowest BCUT2D eigenvalue weighted by Gasteiger charge is -2.34. The Morgan fingerprint density at radius 2 is 1.79 bits per heavy atom. The largest absolute Gasteiger partial charge is 0.459 e. The van der Waals surface area contributed by atoms with Gasteiger partial charge in [-0.2, -0.15) is 13.2 Å². The summed E-state index contributed by atoms with van der Waals surface area (Å²) in [5.41, 5.74) is 4.75. The van der Waals surface area contributed by atoms with E-state index in [0.717, 1.165) is 6.07 Å². The van der Waals surface area contributed by atoms with E-state index in [1.165, 1.54) is 31.3 Å². The van der Waals surface area contributed by atoms with Crippen molar-refractivity contribution in [3.63, 3.8) is 0 Å². The normalized spacial score (nSPS) is 15.3. The number of amides is 2. The lowest BCUT2D eigenvalue weighted by molar-refractivity contribution is -0.136. The van der Waals surface area contributed by atoms with Gasteiger partial charge in [-0.05, 0) is 85.0 Å². The highest BCUT2D eigenvalue weighted by molar-refractivity contribution is 5.95. The highest BCUT2D eigenvalue weighted by atomic mass is 19.4. The molecule has 1 saturated heterocycles. The Morgan fingerprint density at radius 1 is 1.07 bits per heavy atom. The Morgan fingerprint density at radius 3 is 2.43 bits per heavy atom. The van der Waals surface area contributed by atoms with Crippen LogP contribution in [0.5, 0.6) is 0 Å². The molecular formula is C31H28F4N4O3. The van der Waals surface area contributed by atoms with E-state index in [-0.39, 0.29) is 47.6 Å². The summed E-state index contributed by atoms with van der Waals surface area (Å²) in [6.07, 6.45) is 0.109. The molecule has 0 radical (unpaired) electrons. The standard InChI is InChI=1S/C31H28F4N4O3/c1-30(32)10-12-39(13-11-30)29(41)21-6-4-20(5-7-21)22-14-23-15-24(42-28(23)25(16-22)31(33,34)35)18-38-27(40)9-3-19-2-8-26(36)37-17-19/h2-9,14-17H,10-13,18H2,1H3,(H2,36,37)(H,38,40). The summed E-state index contributed by atoms with van der Waals surface area (Å²) in [7, 11) is 0. The van der Waals surface area contributed by atoms with Gasteiger partial charge >= 0.3 is 6.18 Å². The summed E-state index contributed by atoms with van der Waals surface area (Å²) in [5, 5.41) is 2.81. The summed E-state index contributed by atoms with van der Waals surface area (Å²) < 4.78 is 61.7. The summed E-state index contributed by atoms with van der Waals surface area (Å²) in [4.78, 5) is 30.6. The average Bonchev–Trinajstić information content (AvgIpc) is 3.37. The number of anilines is 1. The number of nitrogens with zero attached hydrogens (tertiary/aromatic N) is 2. The molecule has 1 aliphatic rings. The van der Waals surface area contributed by atoms with E-state index >= 15 is 0 Å². The van der Waals surface area contributed by atoms with Crippen molar-refractivity contribution in [3.8, 4) is 11.1 Å². The van der Waals surface area contributed by atoms with Crippen LogP contribution >= 0.6 is 0 Å². The Labute approximate surface area is 239 Å². The van der Waals surface area contributed by atoms with Gasteiger partial charge in [-0.25, -0.2) is 9.37 Å². The van der Waals surface area contributed by atoms with Gasteiger partial charge in [0.15, 0.2) is 0 Å². The van der Waals surface area contributed by atoms with Crippen LogP contribution in [0.2, 0.25) is 0 Å². The minimum atomic E-state index is -4.70. The number of nitrogens with one attached hydrogen (secondary N) is 1. The smallest absolute Gasteiger partial charge is 0.420 e. The number of rotatable bonds is 6. The molecule has 0 atom stereocenters. The molecule has 2 aromatic heterocycles. The van der Waals surface area contributed by atoms with E-state index in [4.69, 9.17) is 10.2 Å². The van der Waals surface area contributed by atoms with Crippen molar-refractivity contribution in [3.05, 3.63) is 89.3 Å². The SMILES string of the molecule is CC1(F)CCN(C(=O)c2ccc(-c3cc(C(F)(F)F)c4oc(CNC(=O)C=Cc5ccc(N)nc5)cc4c3)cc2)CC1. The predicted octanol–water partition coefficient (Wildman–Crippen LogP) is 6.39. The number of likely N-dealkylation sites (tertiary alicyclic amines) is 1. The Balaban J connectivity index is 1.33. The molecule has 1 fully saturated rings. The molecule has 0 unspecified atom stereocenters. The maximum Gasteiger partial charge on any atom is 0.420 e. The number of benzene rings is 2. The molecule has 42 heavy (non-hydrogen) atoms. The molecular weight excluding hydrogens is 552 g/mol. The highest BCUT2D eigenvalue weighted by Crippen LogP contribution is 2.39. The van der Waals surface area contributed by atoms with Crippen molar-refractivity contribution < 1.29 is 31.6 Å². The van der Waals surface area contributed by atoms with Crippen LogP contribution in [0.25, 0.3) is 28.2 Å². The Kier molecular flexibility index (Phi) is 7.77. The van der Waals surface area contributed by atoms with Crippen LogP contribution in [0, 0.1) is 0 Å². The fourth-order valence-electron chi connectivity index (χ4n) is 4.76. The van der Waals surface area contributed by atoms with Gasteiger partial charge < -0.3 is 20.4 Å². The van der Waals surface area contributed by atoms with E-state index in [2.05, 4.69) is 10.3 Å². The second-order valence-corrected chi connectivity index (χ2v) is 10.5. The van der Waals surface area contributed by atoms with E-state index in [1.54, 1.807) is 47.4 Å². The number of nitrogen functional groups attached to an aromatic ring is 1. The molecule has 5 rings (SSSR count). The number of hydrogen-bond acceptors (Lipinski definition) is 5. The van der Waals surface area contributed by atoms with Crippen molar-refractivity contribution >= 4 is 34.7 Å². The third-order valence-electron chi connectivity index (χ3n) is 7.20. The molecule has 0 bridgehead atoms. The number of pyridine rings is 1. The van der Waals surface area contributed by atoms with Gasteiger partial charge in [0.25, 0.3) is 5.91 Å². The number of alkyl halides is 4. The monoisotopic (exact) mass is 580 g/mol. The van der Waals surface area contributed by atoms with Gasteiger partial charge in [0.1, 0.15) is 22.8 Å². The van der Waals surface area contributed by atoms with Gasteiger partial charge in [0.2, 0.25) is 5.91 Å². The zero-order valence-corrected chi connectivity index (χ0v) is 22.7. The number of piperidine rings is 1. The third-order valence-corrected chi connectivity index (χ3v) is 7.20. The first kappa shape index (κ1) is 28.8. The van der Waals surface area contributed by atoms with Crippen LogP contribution in [0.15, 0.2) is 71.3 Å². The molecule has 0 spiro atoms. The molecule has 0 aliphatic carbocycles. The van der Waals surface area contributed by atoms with Crippen molar-refractivity contribution in [2.75, 3.05) is 18.8 Å². The second kappa shape index (κ2) is 11.3. The van der Waals surface area contributed by atoms with Crippen LogP contribution in [-0.4, -0.2) is 40.5 Å². The van der Waals surface area contributed by atoms with E-state index in [0.29, 0.717) is 35.6 Å². The number of furan rings is 1. The van der Waals surface area contributed by atoms with Gasteiger partial charge in [-0.1, -0.05) is 12.1 Å². The molecule has 2 amide bonds. The zero-order valence-electron chi connectivity index (χ0n) is 22.7. The van der Waals surface area contributed by atoms with Crippen molar-refractivity contribution in [2.45, 2.75) is 38.2 Å². The number of aromatic nitrogens is 1. The number of carbonyl (C=O) groups excluding carboxylic acids is 2. The molecule has 1 aliphatic heterocycles. The highest BCUT2D eigenvalue weighted by Gasteiger charge is 2.35. The molecule has 4 aromatic rings. The fourth-order valence-corrected chi connectivity index (χ4v) is 4.76. The number of fused-ring (bicyclic) bond motifs is 1. The molecule has 7 nitrogen and oxygen atoms in total. The maximum atomic E-state index is 14.1. The first-order valence-electron chi connectivity index (χ1n) is 13.3. The van der Waals surface area contributed by atoms with Crippen LogP contribution in [-0.2, 0) is 17.5 Å². The lowest BCUT2D eigenvalue weighted by atomic mass is 9.95. The van der Waals surface area contributed by atoms with Crippen LogP contribution in [0.3, 0.4) is 0 Å². The maximum absolute atomic E-state index is 14.1. The fraction of sp³-hybridized carbons (Fsp3) is 0.258. The van der Waals surface area contributed by atoms with Crippen LogP contribution in [0.1, 0.15) is 47.0 Å². The van der Waals surface area contributed by atoms with Gasteiger partial charge in [0, 0.05) is 36.3 Å². The molecule has 3 N–H and O–H groups in total.